The van der Waals surface area contributed by atoms with Crippen LogP contribution in [0.5, 0.6) is 0 Å². The normalized spacial score (nSPS) is 24.3. The van der Waals surface area contributed by atoms with Gasteiger partial charge in [0.25, 0.3) is 0 Å². The van der Waals surface area contributed by atoms with E-state index in [9.17, 15) is 14.7 Å². The molecule has 0 saturated heterocycles. The Morgan fingerprint density at radius 3 is 2.89 bits per heavy atom. The third-order valence-electron chi connectivity index (χ3n) is 2.40. The van der Waals surface area contributed by atoms with E-state index in [1.807, 2.05) is 6.92 Å². The summed E-state index contributed by atoms with van der Waals surface area (Å²) in [6.45, 7) is 3.59. The van der Waals surface area contributed by atoms with E-state index in [1.54, 1.807) is 0 Å². The molecule has 1 unspecified atom stereocenters. The third-order valence-corrected chi connectivity index (χ3v) is 2.40. The number of carbonyl (C=O) groups is 2. The van der Waals surface area contributed by atoms with Gasteiger partial charge >= 0.3 is 0 Å². The molecule has 8 heteroatoms. The first-order valence-corrected chi connectivity index (χ1v) is 6.06. The van der Waals surface area contributed by atoms with Gasteiger partial charge in [-0.15, -0.1) is 0 Å². The quantitative estimate of drug-likeness (QED) is 0.481. The van der Waals surface area contributed by atoms with Gasteiger partial charge in [-0.3, -0.25) is 30.5 Å². The molecular formula is C11H19N5O3. The fourth-order valence-corrected chi connectivity index (χ4v) is 1.46. The molecule has 0 aromatic rings. The Bertz CT molecular complexity index is 405. The first kappa shape index (κ1) is 15.3. The van der Waals surface area contributed by atoms with Gasteiger partial charge < -0.3 is 5.11 Å². The maximum atomic E-state index is 11.6. The fraction of sp³-hybridized carbons (Fsp3) is 0.636. The van der Waals surface area contributed by atoms with E-state index in [1.165, 1.54) is 6.92 Å². The molecular weight excluding hydrogens is 250 g/mol. The number of nitrogens with one attached hydrogen (secondary N) is 3. The summed E-state index contributed by atoms with van der Waals surface area (Å²) in [5.74, 6) is -0.614. The molecule has 2 amide bonds. The van der Waals surface area contributed by atoms with Gasteiger partial charge in [-0.25, -0.2) is 4.99 Å². The highest BCUT2D eigenvalue weighted by Gasteiger charge is 2.13. The number of guanidine groups is 1. The van der Waals surface area contributed by atoms with Gasteiger partial charge in [-0.2, -0.15) is 0 Å². The second kappa shape index (κ2) is 7.59. The molecule has 0 aromatic heterocycles. The summed E-state index contributed by atoms with van der Waals surface area (Å²) in [5, 5.41) is 17.5. The van der Waals surface area contributed by atoms with E-state index in [2.05, 4.69) is 25.9 Å². The minimum atomic E-state index is -0.668. The van der Waals surface area contributed by atoms with Crippen LogP contribution in [-0.4, -0.2) is 54.5 Å². The van der Waals surface area contributed by atoms with Crippen molar-refractivity contribution in [2.24, 2.45) is 9.98 Å². The van der Waals surface area contributed by atoms with Crippen molar-refractivity contribution >= 4 is 23.5 Å². The molecule has 0 fully saturated rings. The standard InChI is InChI=1S/C11H19N5O3/c1-3-9(18)8-4-12-6-14-11(15-7(2)17)16-10(19)5-13-8/h9,12,18H,3-6H2,1-2H3,(H2,14,15,16,17,19)/b13-8+. The Balaban J connectivity index is 2.72. The van der Waals surface area contributed by atoms with Crippen LogP contribution in [0, 0.1) is 0 Å². The summed E-state index contributed by atoms with van der Waals surface area (Å²) in [6.07, 6.45) is -0.138. The first-order valence-electron chi connectivity index (χ1n) is 6.06. The van der Waals surface area contributed by atoms with E-state index in [4.69, 9.17) is 0 Å². The Morgan fingerprint density at radius 1 is 1.53 bits per heavy atom. The second-order valence-electron chi connectivity index (χ2n) is 4.05. The van der Waals surface area contributed by atoms with Crippen LogP contribution in [0.2, 0.25) is 0 Å². The van der Waals surface area contributed by atoms with Crippen molar-refractivity contribution in [1.29, 1.82) is 0 Å². The lowest BCUT2D eigenvalue weighted by Crippen LogP contribution is -2.45. The predicted molar refractivity (Wildman–Crippen MR) is 70.9 cm³/mol. The Hall–Kier alpha value is -1.80. The first-order chi connectivity index (χ1) is 9.02. The molecule has 0 radical (unpaired) electrons. The van der Waals surface area contributed by atoms with Crippen molar-refractivity contribution in [1.82, 2.24) is 16.0 Å². The molecule has 0 aliphatic carbocycles. The number of rotatable bonds is 2. The maximum Gasteiger partial charge on any atom is 0.248 e. The molecule has 19 heavy (non-hydrogen) atoms. The molecule has 0 aromatic carbocycles. The SMILES string of the molecule is CCC(O)/C1=N/CC(=O)N/C(NC(C)=O)=N\CNC1. The Morgan fingerprint density at radius 2 is 2.26 bits per heavy atom. The van der Waals surface area contributed by atoms with Gasteiger partial charge in [-0.1, -0.05) is 6.92 Å². The number of hydrogen-bond donors (Lipinski definition) is 4. The number of aliphatic hydroxyl groups is 1. The monoisotopic (exact) mass is 269 g/mol. The van der Waals surface area contributed by atoms with E-state index in [-0.39, 0.29) is 25.1 Å². The topological polar surface area (TPSA) is 115 Å². The molecule has 0 saturated carbocycles. The van der Waals surface area contributed by atoms with Gasteiger partial charge in [0.15, 0.2) is 0 Å². The summed E-state index contributed by atoms with van der Waals surface area (Å²) >= 11 is 0. The van der Waals surface area contributed by atoms with Crippen LogP contribution in [0.1, 0.15) is 20.3 Å². The highest BCUT2D eigenvalue weighted by atomic mass is 16.3. The van der Waals surface area contributed by atoms with Crippen molar-refractivity contribution < 1.29 is 14.7 Å². The molecule has 8 nitrogen and oxygen atoms in total. The fourth-order valence-electron chi connectivity index (χ4n) is 1.46. The molecule has 1 aliphatic heterocycles. The van der Waals surface area contributed by atoms with E-state index in [0.717, 1.165) is 0 Å². The third kappa shape index (κ3) is 5.58. The molecule has 0 spiro atoms. The van der Waals surface area contributed by atoms with Crippen molar-refractivity contribution in [3.8, 4) is 0 Å². The van der Waals surface area contributed by atoms with E-state index >= 15 is 0 Å². The average molecular weight is 269 g/mol. The number of hydrogen-bond acceptors (Lipinski definition) is 6. The molecule has 0 bridgehead atoms. The van der Waals surface area contributed by atoms with Crippen LogP contribution in [0.4, 0.5) is 0 Å². The Kier molecular flexibility index (Phi) is 6.10. The van der Waals surface area contributed by atoms with Crippen LogP contribution in [-0.2, 0) is 9.59 Å². The Labute approximate surface area is 111 Å². The minimum absolute atomic E-state index is 0.0969. The highest BCUT2D eigenvalue weighted by molar-refractivity contribution is 6.05. The van der Waals surface area contributed by atoms with Gasteiger partial charge in [-0.05, 0) is 6.42 Å². The highest BCUT2D eigenvalue weighted by Crippen LogP contribution is 1.95. The zero-order chi connectivity index (χ0) is 14.3. The second-order valence-corrected chi connectivity index (χ2v) is 4.05. The predicted octanol–water partition coefficient (Wildman–Crippen LogP) is -1.63. The summed E-state index contributed by atoms with van der Waals surface area (Å²) in [7, 11) is 0. The van der Waals surface area contributed by atoms with Crippen LogP contribution < -0.4 is 16.0 Å². The van der Waals surface area contributed by atoms with Crippen LogP contribution >= 0.6 is 0 Å². The number of amides is 2. The number of carbonyl (C=O) groups excluding carboxylic acids is 2. The lowest BCUT2D eigenvalue weighted by molar-refractivity contribution is -0.118. The lowest BCUT2D eigenvalue weighted by Gasteiger charge is -2.15. The number of nitrogens with zero attached hydrogens (tertiary/aromatic N) is 2. The molecule has 1 aliphatic rings. The van der Waals surface area contributed by atoms with Gasteiger partial charge in [0.05, 0.1) is 18.5 Å². The molecule has 106 valence electrons. The van der Waals surface area contributed by atoms with E-state index in [0.29, 0.717) is 18.7 Å². The van der Waals surface area contributed by atoms with Crippen molar-refractivity contribution in [3.05, 3.63) is 0 Å². The maximum absolute atomic E-state index is 11.6. The van der Waals surface area contributed by atoms with Gasteiger partial charge in [0.2, 0.25) is 17.8 Å². The average Bonchev–Trinajstić information content (AvgIpc) is 2.36. The summed E-state index contributed by atoms with van der Waals surface area (Å²) in [4.78, 5) is 30.6. The number of aliphatic imine (C=N–C) groups is 2. The zero-order valence-corrected chi connectivity index (χ0v) is 11.1. The molecule has 4 N–H and O–H groups in total. The van der Waals surface area contributed by atoms with Crippen molar-refractivity contribution in [2.75, 3.05) is 19.8 Å². The van der Waals surface area contributed by atoms with Crippen LogP contribution in [0.15, 0.2) is 9.98 Å². The van der Waals surface area contributed by atoms with Crippen molar-refractivity contribution in [3.63, 3.8) is 0 Å². The molecule has 1 atom stereocenters. The van der Waals surface area contributed by atoms with Crippen LogP contribution in [0.25, 0.3) is 0 Å². The lowest BCUT2D eigenvalue weighted by atomic mass is 10.1. The van der Waals surface area contributed by atoms with E-state index < -0.39 is 12.0 Å². The smallest absolute Gasteiger partial charge is 0.248 e. The largest absolute Gasteiger partial charge is 0.387 e. The zero-order valence-electron chi connectivity index (χ0n) is 11.1. The summed E-state index contributed by atoms with van der Waals surface area (Å²) < 4.78 is 0. The van der Waals surface area contributed by atoms with Crippen LogP contribution in [0.3, 0.4) is 0 Å². The van der Waals surface area contributed by atoms with Gasteiger partial charge in [0.1, 0.15) is 6.54 Å². The number of aliphatic hydroxyl groups excluding tert-OH is 1. The summed E-state index contributed by atoms with van der Waals surface area (Å²) in [6, 6.07) is 0. The molecule has 1 heterocycles. The molecule has 1 rings (SSSR count). The minimum Gasteiger partial charge on any atom is -0.387 e. The van der Waals surface area contributed by atoms with Crippen molar-refractivity contribution in [2.45, 2.75) is 26.4 Å². The van der Waals surface area contributed by atoms with Gasteiger partial charge in [0, 0.05) is 13.5 Å². The summed E-state index contributed by atoms with van der Waals surface area (Å²) in [5.41, 5.74) is 0.524.